The Morgan fingerprint density at radius 1 is 1.00 bits per heavy atom. The minimum Gasteiger partial charge on any atom is -0.542 e. The highest BCUT2D eigenvalue weighted by molar-refractivity contribution is 6.29. The molecule has 0 spiro atoms. The van der Waals surface area contributed by atoms with Gasteiger partial charge < -0.3 is 31.0 Å². The van der Waals surface area contributed by atoms with E-state index in [1.54, 1.807) is 24.3 Å². The van der Waals surface area contributed by atoms with Crippen molar-refractivity contribution in [2.75, 3.05) is 5.32 Å². The predicted molar refractivity (Wildman–Crippen MR) is 152 cm³/mol. The molecule has 2 amide bonds. The number of aromatic nitrogens is 3. The maximum Gasteiger partial charge on any atom is 0.490 e. The number of nitrogens with one attached hydrogen (secondary N) is 4. The Kier molecular flexibility index (Phi) is 16.0. The highest BCUT2D eigenvalue weighted by Crippen LogP contribution is 2.22. The van der Waals surface area contributed by atoms with Crippen LogP contribution in [-0.2, 0) is 38.8 Å². The highest BCUT2D eigenvalue weighted by atomic mass is 35.5. The molecule has 3 aromatic rings. The molecule has 0 radical (unpaired) electrons. The average Bonchev–Trinajstić information content (AvgIpc) is 3.01. The van der Waals surface area contributed by atoms with Crippen molar-refractivity contribution in [2.45, 2.75) is 51.4 Å². The minimum atomic E-state index is -5.19. The first kappa shape index (κ1) is 41.7. The lowest BCUT2D eigenvalue weighted by atomic mass is 10.1. The van der Waals surface area contributed by atoms with Gasteiger partial charge in [0.05, 0.1) is 18.3 Å². The molecule has 1 unspecified atom stereocenters. The number of aliphatic carboxylic acids is 2. The Bertz CT molecular complexity index is 1620. The second kappa shape index (κ2) is 18.9. The molecule has 0 fully saturated rings. The number of carbonyl (C=O) groups excluding carboxylic acids is 3. The first-order chi connectivity index (χ1) is 22.6. The monoisotopic (exact) mass is 732 g/mol. The fraction of sp³-hybridized carbons (Fsp3) is 0.296. The molecular weight excluding hydrogens is 708 g/mol. The van der Waals surface area contributed by atoms with E-state index in [9.17, 15) is 49.5 Å². The molecule has 0 aliphatic carbocycles. The van der Waals surface area contributed by atoms with E-state index >= 15 is 0 Å². The molecule has 3 rings (SSSR count). The number of hydrogen-bond acceptors (Lipinski definition) is 8. The van der Waals surface area contributed by atoms with Crippen LogP contribution < -0.4 is 26.6 Å². The number of amides is 2. The second-order valence-electron chi connectivity index (χ2n) is 9.14. The normalized spacial score (nSPS) is 11.6. The largest absolute Gasteiger partial charge is 0.542 e. The summed E-state index contributed by atoms with van der Waals surface area (Å²) < 4.78 is 91.5. The van der Waals surface area contributed by atoms with Gasteiger partial charge in [0, 0.05) is 26.1 Å². The lowest BCUT2D eigenvalue weighted by Gasteiger charge is -2.16. The quantitative estimate of drug-likeness (QED) is 0.154. The number of halogens is 9. The third kappa shape index (κ3) is 15.0. The van der Waals surface area contributed by atoms with Crippen molar-refractivity contribution in [3.05, 3.63) is 87.2 Å². The number of rotatable bonds is 10. The number of H-pyrrole nitrogens is 1. The summed E-state index contributed by atoms with van der Waals surface area (Å²) in [7, 11) is 0. The SMILES string of the molecule is CC(=O)NCc1ccccc1CNC(=O)Cn1c(Cl)cnc(NC([c+]2cccc[nH]2)C(F)F)c1=O.O=C(O)C(F)(F)F.O=C([O-])C(F)(F)F. The summed E-state index contributed by atoms with van der Waals surface area (Å²) in [5, 5.41) is 23.6. The summed E-state index contributed by atoms with van der Waals surface area (Å²) in [5.41, 5.74) is 0.939. The van der Waals surface area contributed by atoms with Gasteiger partial charge >= 0.3 is 18.3 Å². The minimum absolute atomic E-state index is 0.123. The molecule has 22 heteroatoms. The topological polar surface area (TPSA) is 198 Å². The number of benzene rings is 1. The van der Waals surface area contributed by atoms with E-state index in [0.717, 1.165) is 21.9 Å². The average molecular weight is 733 g/mol. The Morgan fingerprint density at radius 2 is 1.53 bits per heavy atom. The molecule has 13 nitrogen and oxygen atoms in total. The zero-order valence-corrected chi connectivity index (χ0v) is 25.4. The molecular formula is C27H25ClF8N6O7. The van der Waals surface area contributed by atoms with Crippen LogP contribution in [0.3, 0.4) is 0 Å². The standard InChI is InChI=1S/C23H23ClF2N6O3.2C2HF3O2/c1-14(33)28-10-15-6-2-3-7-16(15)11-29-19(34)13-32-18(24)12-30-22(23(32)35)31-20(21(25)26)17-8-4-5-9-27-17;2*3-2(4,5)1(6)7/h2-9,12,20-21,27H,10-11,13H2,1H3,(H2-,28,29,30,31,33,34);2*(H,6,7). The molecule has 49 heavy (non-hydrogen) atoms. The zero-order chi connectivity index (χ0) is 37.5. The fourth-order valence-electron chi connectivity index (χ4n) is 3.25. The predicted octanol–water partition coefficient (Wildman–Crippen LogP) is 2.81. The van der Waals surface area contributed by atoms with E-state index in [0.29, 0.717) is 6.54 Å². The summed E-state index contributed by atoms with van der Waals surface area (Å²) in [6, 6.07) is 10.4. The van der Waals surface area contributed by atoms with Crippen LogP contribution in [0.25, 0.3) is 0 Å². The summed E-state index contributed by atoms with van der Waals surface area (Å²) in [5.74, 6) is -6.84. The first-order valence-corrected chi connectivity index (χ1v) is 13.5. The van der Waals surface area contributed by atoms with Gasteiger partial charge in [-0.2, -0.15) is 26.3 Å². The van der Waals surface area contributed by atoms with Crippen molar-refractivity contribution in [1.82, 2.24) is 25.2 Å². The van der Waals surface area contributed by atoms with Crippen LogP contribution >= 0.6 is 11.6 Å². The third-order valence-corrected chi connectivity index (χ3v) is 5.82. The van der Waals surface area contributed by atoms with E-state index in [4.69, 9.17) is 31.4 Å². The van der Waals surface area contributed by atoms with Gasteiger partial charge in [0.15, 0.2) is 11.9 Å². The summed E-state index contributed by atoms with van der Waals surface area (Å²) in [6.45, 7) is 1.41. The van der Waals surface area contributed by atoms with Crippen LogP contribution in [0.5, 0.6) is 0 Å². The number of alkyl halides is 8. The van der Waals surface area contributed by atoms with Gasteiger partial charge in [-0.1, -0.05) is 35.9 Å². The molecule has 2 aromatic heterocycles. The summed E-state index contributed by atoms with van der Waals surface area (Å²) in [4.78, 5) is 60.9. The van der Waals surface area contributed by atoms with Gasteiger partial charge in [0.25, 0.3) is 12.0 Å². The van der Waals surface area contributed by atoms with Gasteiger partial charge in [-0.05, 0) is 11.1 Å². The fourth-order valence-corrected chi connectivity index (χ4v) is 3.44. The lowest BCUT2D eigenvalue weighted by Crippen LogP contribution is -2.37. The molecule has 1 aromatic carbocycles. The van der Waals surface area contributed by atoms with E-state index in [1.807, 2.05) is 12.1 Å². The van der Waals surface area contributed by atoms with Crippen molar-refractivity contribution in [3.8, 4) is 0 Å². The van der Waals surface area contributed by atoms with Gasteiger partial charge in [-0.15, -0.1) is 0 Å². The maximum atomic E-state index is 13.7. The Hall–Kier alpha value is -5.34. The smallest absolute Gasteiger partial charge is 0.490 e. The van der Waals surface area contributed by atoms with Crippen molar-refractivity contribution in [1.29, 1.82) is 0 Å². The highest BCUT2D eigenvalue weighted by Gasteiger charge is 2.38. The second-order valence-corrected chi connectivity index (χ2v) is 9.53. The van der Waals surface area contributed by atoms with Gasteiger partial charge in [-0.3, -0.25) is 23.9 Å². The van der Waals surface area contributed by atoms with E-state index < -0.39 is 54.8 Å². The van der Waals surface area contributed by atoms with Crippen molar-refractivity contribution < 1.29 is 64.5 Å². The number of carboxylic acids is 2. The molecule has 0 aliphatic heterocycles. The lowest BCUT2D eigenvalue weighted by molar-refractivity contribution is -0.344. The van der Waals surface area contributed by atoms with Crippen molar-refractivity contribution in [2.24, 2.45) is 0 Å². The van der Waals surface area contributed by atoms with Gasteiger partial charge in [0.1, 0.15) is 29.6 Å². The molecule has 2 heterocycles. The molecule has 0 bridgehead atoms. The van der Waals surface area contributed by atoms with E-state index in [1.165, 1.54) is 19.2 Å². The maximum absolute atomic E-state index is 13.7. The Labute approximate surface area is 274 Å². The van der Waals surface area contributed by atoms with Gasteiger partial charge in [0.2, 0.25) is 11.8 Å². The molecule has 268 valence electrons. The molecule has 0 saturated heterocycles. The third-order valence-electron chi connectivity index (χ3n) is 5.52. The zero-order valence-electron chi connectivity index (χ0n) is 24.7. The van der Waals surface area contributed by atoms with E-state index in [-0.39, 0.29) is 29.1 Å². The molecule has 0 saturated carbocycles. The summed E-state index contributed by atoms with van der Waals surface area (Å²) >= 11 is 6.07. The van der Waals surface area contributed by atoms with Crippen LogP contribution in [0.1, 0.15) is 29.8 Å². The van der Waals surface area contributed by atoms with Crippen LogP contribution in [0.4, 0.5) is 40.9 Å². The number of anilines is 1. The van der Waals surface area contributed by atoms with Crippen LogP contribution in [0.2, 0.25) is 5.15 Å². The van der Waals surface area contributed by atoms with Crippen molar-refractivity contribution >= 4 is 41.2 Å². The van der Waals surface area contributed by atoms with Crippen LogP contribution in [-0.4, -0.2) is 62.2 Å². The number of nitrogens with zero attached hydrogens (tertiary/aromatic N) is 2. The van der Waals surface area contributed by atoms with Crippen LogP contribution in [0.15, 0.2) is 59.7 Å². The number of aromatic amines is 1. The van der Waals surface area contributed by atoms with Crippen molar-refractivity contribution in [3.63, 3.8) is 0 Å². The Morgan fingerprint density at radius 3 is 1.96 bits per heavy atom. The molecule has 1 atom stereocenters. The number of carboxylic acid groups (broad SMARTS) is 2. The number of carbonyl (C=O) groups is 4. The Balaban J connectivity index is 0.000000717. The molecule has 0 aliphatic rings. The van der Waals surface area contributed by atoms with Crippen LogP contribution in [0, 0.1) is 0 Å². The first-order valence-electron chi connectivity index (χ1n) is 13.1. The van der Waals surface area contributed by atoms with Gasteiger partial charge in [-0.25, -0.2) is 18.6 Å². The molecule has 5 N–H and O–H groups in total. The number of hydrogen-bond donors (Lipinski definition) is 5. The van der Waals surface area contributed by atoms with E-state index in [2.05, 4.69) is 25.9 Å². The summed E-state index contributed by atoms with van der Waals surface area (Å²) in [6.07, 6.45) is -10.5. The number of pyridine rings is 1.